The summed E-state index contributed by atoms with van der Waals surface area (Å²) in [6, 6.07) is 22.2. The van der Waals surface area contributed by atoms with Gasteiger partial charge in [0, 0.05) is 26.7 Å². The Labute approximate surface area is 192 Å². The summed E-state index contributed by atoms with van der Waals surface area (Å²) >= 11 is 1.64. The highest BCUT2D eigenvalue weighted by Gasteiger charge is 2.37. The van der Waals surface area contributed by atoms with E-state index >= 15 is 0 Å². The molecule has 4 aromatic rings. The van der Waals surface area contributed by atoms with Crippen LogP contribution in [0.25, 0.3) is 32.9 Å². The number of benzene rings is 3. The summed E-state index contributed by atoms with van der Waals surface area (Å²) in [4.78, 5) is 5.99. The van der Waals surface area contributed by atoms with E-state index in [2.05, 4.69) is 97.8 Å². The van der Waals surface area contributed by atoms with E-state index < -0.39 is 0 Å². The summed E-state index contributed by atoms with van der Waals surface area (Å²) in [7, 11) is 0. The predicted octanol–water partition coefficient (Wildman–Crippen LogP) is 7.68. The molecule has 0 radical (unpaired) electrons. The lowest BCUT2D eigenvalue weighted by Gasteiger charge is -2.21. The highest BCUT2D eigenvalue weighted by molar-refractivity contribution is 8.17. The molecular formula is C29H24N2S. The standard InChI is InChI=1S/C29H24N2S/c1-19-11-5-4-10-18-30-28(32-19)31-25-15-9-7-12-20(25)21-16-17-24-26(27(21)31)22-13-6-8-14-23(22)29(24,2)3/h4-17H,1,18H2,2-3H3/b10-4-,11-5-,30-28-. The lowest BCUT2D eigenvalue weighted by Crippen LogP contribution is -2.15. The SMILES string of the molecule is C=C1/C=C\C=C/C/N=C(/n2c3ccccc3c3ccc4c(c32)-c2ccccc2C4(C)C)S1. The van der Waals surface area contributed by atoms with Crippen LogP contribution in [0.5, 0.6) is 0 Å². The maximum Gasteiger partial charge on any atom is 0.173 e. The average molecular weight is 433 g/mol. The van der Waals surface area contributed by atoms with Gasteiger partial charge in [-0.15, -0.1) is 0 Å². The summed E-state index contributed by atoms with van der Waals surface area (Å²) < 4.78 is 2.37. The van der Waals surface area contributed by atoms with Gasteiger partial charge in [0.15, 0.2) is 5.17 Å². The number of aromatic nitrogens is 1. The van der Waals surface area contributed by atoms with Crippen molar-refractivity contribution in [1.29, 1.82) is 0 Å². The number of thioether (sulfide) groups is 1. The van der Waals surface area contributed by atoms with Crippen LogP contribution in [-0.4, -0.2) is 16.3 Å². The van der Waals surface area contributed by atoms with Gasteiger partial charge >= 0.3 is 0 Å². The van der Waals surface area contributed by atoms with Crippen molar-refractivity contribution in [3.05, 3.63) is 108 Å². The smallest absolute Gasteiger partial charge is 0.173 e. The number of hydrogen-bond acceptors (Lipinski definition) is 2. The molecule has 1 aliphatic heterocycles. The molecule has 0 atom stereocenters. The van der Waals surface area contributed by atoms with Crippen LogP contribution in [0.15, 0.2) is 101 Å². The van der Waals surface area contributed by atoms with E-state index in [1.54, 1.807) is 11.8 Å². The molecule has 0 unspecified atom stereocenters. The molecule has 156 valence electrons. The minimum atomic E-state index is -0.0379. The fourth-order valence-corrected chi connectivity index (χ4v) is 5.98. The monoisotopic (exact) mass is 432 g/mol. The van der Waals surface area contributed by atoms with Gasteiger partial charge in [-0.05, 0) is 28.8 Å². The van der Waals surface area contributed by atoms with Crippen LogP contribution in [-0.2, 0) is 5.41 Å². The van der Waals surface area contributed by atoms with Gasteiger partial charge in [0.2, 0.25) is 0 Å². The quantitative estimate of drug-likeness (QED) is 0.278. The first-order valence-electron chi connectivity index (χ1n) is 11.0. The Hall–Kier alpha value is -3.30. The fourth-order valence-electron chi connectivity index (χ4n) is 5.17. The van der Waals surface area contributed by atoms with Crippen molar-refractivity contribution >= 4 is 38.7 Å². The highest BCUT2D eigenvalue weighted by atomic mass is 32.2. The molecule has 0 fully saturated rings. The van der Waals surface area contributed by atoms with Crippen LogP contribution in [0.3, 0.4) is 0 Å². The Kier molecular flexibility index (Phi) is 4.31. The molecule has 2 nitrogen and oxygen atoms in total. The second-order valence-corrected chi connectivity index (χ2v) is 9.98. The molecule has 0 saturated carbocycles. The first-order valence-corrected chi connectivity index (χ1v) is 11.8. The zero-order chi connectivity index (χ0) is 21.9. The van der Waals surface area contributed by atoms with Crippen molar-refractivity contribution in [2.45, 2.75) is 19.3 Å². The first-order chi connectivity index (χ1) is 15.6. The summed E-state index contributed by atoms with van der Waals surface area (Å²) in [5, 5.41) is 3.49. The summed E-state index contributed by atoms with van der Waals surface area (Å²) in [6.07, 6.45) is 8.22. The molecule has 0 N–H and O–H groups in total. The molecule has 1 aromatic heterocycles. The third-order valence-corrected chi connectivity index (χ3v) is 7.55. The molecule has 32 heavy (non-hydrogen) atoms. The molecule has 3 aromatic carbocycles. The number of nitrogens with zero attached hydrogens (tertiary/aromatic N) is 2. The zero-order valence-electron chi connectivity index (χ0n) is 18.3. The van der Waals surface area contributed by atoms with Gasteiger partial charge in [-0.25, -0.2) is 0 Å². The van der Waals surface area contributed by atoms with Gasteiger partial charge in [-0.3, -0.25) is 9.56 Å². The minimum Gasteiger partial charge on any atom is -0.288 e. The third-order valence-electron chi connectivity index (χ3n) is 6.65. The maximum absolute atomic E-state index is 5.01. The lowest BCUT2D eigenvalue weighted by atomic mass is 9.82. The van der Waals surface area contributed by atoms with Crippen LogP contribution in [0.1, 0.15) is 25.0 Å². The largest absolute Gasteiger partial charge is 0.288 e. The van der Waals surface area contributed by atoms with Crippen molar-refractivity contribution in [1.82, 2.24) is 4.57 Å². The second kappa shape index (κ2) is 7.11. The molecular weight excluding hydrogens is 408 g/mol. The van der Waals surface area contributed by atoms with E-state index in [4.69, 9.17) is 4.99 Å². The predicted molar refractivity (Wildman–Crippen MR) is 140 cm³/mol. The lowest BCUT2D eigenvalue weighted by molar-refractivity contribution is 0.661. The second-order valence-electron chi connectivity index (χ2n) is 8.89. The van der Waals surface area contributed by atoms with Crippen LogP contribution in [0.2, 0.25) is 0 Å². The molecule has 2 aliphatic rings. The minimum absolute atomic E-state index is 0.0379. The summed E-state index contributed by atoms with van der Waals surface area (Å²) in [6.45, 7) is 9.57. The van der Waals surface area contributed by atoms with Crippen LogP contribution < -0.4 is 0 Å². The Morgan fingerprint density at radius 1 is 0.906 bits per heavy atom. The molecule has 0 spiro atoms. The Balaban J connectivity index is 1.77. The number of fused-ring (bicyclic) bond motifs is 7. The van der Waals surface area contributed by atoms with Gasteiger partial charge in [0.25, 0.3) is 0 Å². The highest BCUT2D eigenvalue weighted by Crippen LogP contribution is 2.52. The van der Waals surface area contributed by atoms with Gasteiger partial charge < -0.3 is 0 Å². The molecule has 3 heteroatoms. The van der Waals surface area contributed by atoms with Crippen molar-refractivity contribution in [2.75, 3.05) is 6.54 Å². The van der Waals surface area contributed by atoms with E-state index in [-0.39, 0.29) is 5.41 Å². The molecule has 0 saturated heterocycles. The Morgan fingerprint density at radius 3 is 2.62 bits per heavy atom. The van der Waals surface area contributed by atoms with Gasteiger partial charge in [-0.1, -0.05) is 105 Å². The van der Waals surface area contributed by atoms with Gasteiger partial charge in [-0.2, -0.15) is 0 Å². The van der Waals surface area contributed by atoms with Crippen molar-refractivity contribution < 1.29 is 0 Å². The number of para-hydroxylation sites is 1. The van der Waals surface area contributed by atoms with Gasteiger partial charge in [0.05, 0.1) is 17.6 Å². The number of hydrogen-bond donors (Lipinski definition) is 0. The first kappa shape index (κ1) is 19.4. The molecule has 6 rings (SSSR count). The van der Waals surface area contributed by atoms with Crippen molar-refractivity contribution in [2.24, 2.45) is 4.99 Å². The fraction of sp³-hybridized carbons (Fsp3) is 0.138. The normalized spacial score (nSPS) is 20.7. The Bertz CT molecular complexity index is 1510. The van der Waals surface area contributed by atoms with Crippen LogP contribution >= 0.6 is 11.8 Å². The van der Waals surface area contributed by atoms with Gasteiger partial charge in [0.1, 0.15) is 0 Å². The number of rotatable bonds is 0. The average Bonchev–Trinajstić information content (AvgIpc) is 3.28. The van der Waals surface area contributed by atoms with Crippen LogP contribution in [0, 0.1) is 0 Å². The summed E-state index contributed by atoms with van der Waals surface area (Å²) in [5.41, 5.74) is 7.82. The van der Waals surface area contributed by atoms with Crippen molar-refractivity contribution in [3.63, 3.8) is 0 Å². The van der Waals surface area contributed by atoms with E-state index in [1.807, 2.05) is 12.2 Å². The Morgan fingerprint density at radius 2 is 1.72 bits per heavy atom. The van der Waals surface area contributed by atoms with Crippen molar-refractivity contribution in [3.8, 4) is 11.1 Å². The van der Waals surface area contributed by atoms with Crippen LogP contribution in [0.4, 0.5) is 0 Å². The summed E-state index contributed by atoms with van der Waals surface area (Å²) in [5.74, 6) is 0. The number of allylic oxidation sites excluding steroid dienone is 3. The molecule has 0 amide bonds. The third kappa shape index (κ3) is 2.71. The number of aliphatic imine (C=N–C) groups is 1. The molecule has 0 bridgehead atoms. The van der Waals surface area contributed by atoms with E-state index in [1.165, 1.54) is 44.1 Å². The van der Waals surface area contributed by atoms with E-state index in [0.717, 1.165) is 10.1 Å². The topological polar surface area (TPSA) is 17.3 Å². The van der Waals surface area contributed by atoms with E-state index in [0.29, 0.717) is 6.54 Å². The molecule has 1 aliphatic carbocycles. The maximum atomic E-state index is 5.01. The zero-order valence-corrected chi connectivity index (χ0v) is 19.1. The molecule has 2 heterocycles. The van der Waals surface area contributed by atoms with E-state index in [9.17, 15) is 0 Å².